The van der Waals surface area contributed by atoms with Crippen molar-refractivity contribution in [2.24, 2.45) is 5.92 Å². The fourth-order valence-electron chi connectivity index (χ4n) is 7.87. The Labute approximate surface area is 289 Å². The number of nitrogens with zero attached hydrogens (tertiary/aromatic N) is 5. The molecule has 0 fully saturated rings. The van der Waals surface area contributed by atoms with Crippen molar-refractivity contribution in [2.45, 2.75) is 13.3 Å². The van der Waals surface area contributed by atoms with Crippen molar-refractivity contribution < 1.29 is 0 Å². The predicted octanol–water partition coefficient (Wildman–Crippen LogP) is 11.2. The summed E-state index contributed by atoms with van der Waals surface area (Å²) in [5.41, 5.74) is 10.4. The highest BCUT2D eigenvalue weighted by Gasteiger charge is 2.24. The monoisotopic (exact) mass is 643 g/mol. The molecule has 0 spiro atoms. The molecule has 0 saturated carbocycles. The molecule has 238 valence electrons. The summed E-state index contributed by atoms with van der Waals surface area (Å²) in [6, 6.07) is 53.7. The van der Waals surface area contributed by atoms with Crippen LogP contribution >= 0.6 is 0 Å². The standard InChI is InChI=1S/C45H33N5/c1-30-24-25-34(29-43(30)50-40-22-12-8-18-35(40)36-19-9-13-23-41(36)50)48-39-21-11-10-20-37(39)38-28-33(26-27-42(38)48)49-44(31-14-4-2-5-15-31)46-47-45(49)32-16-6-3-7-17-32/h2-23,25-30H,24H2,1H3. The fourth-order valence-corrected chi connectivity index (χ4v) is 7.87. The van der Waals surface area contributed by atoms with Crippen LogP contribution in [0.25, 0.3) is 83.5 Å². The highest BCUT2D eigenvalue weighted by Crippen LogP contribution is 2.41. The lowest BCUT2D eigenvalue weighted by atomic mass is 9.96. The first kappa shape index (κ1) is 28.5. The molecule has 0 N–H and O–H groups in total. The summed E-state index contributed by atoms with van der Waals surface area (Å²) < 4.78 is 7.12. The lowest BCUT2D eigenvalue weighted by Gasteiger charge is -2.24. The number of rotatable bonds is 5. The normalized spacial score (nSPS) is 14.9. The van der Waals surface area contributed by atoms with Crippen molar-refractivity contribution in [3.63, 3.8) is 0 Å². The largest absolute Gasteiger partial charge is 0.313 e. The summed E-state index contributed by atoms with van der Waals surface area (Å²) in [4.78, 5) is 0. The van der Waals surface area contributed by atoms with Gasteiger partial charge in [-0.15, -0.1) is 10.2 Å². The molecule has 5 heteroatoms. The third-order valence-corrected chi connectivity index (χ3v) is 10.2. The summed E-state index contributed by atoms with van der Waals surface area (Å²) in [6.45, 7) is 2.34. The SMILES string of the molecule is CC1CC=C(n2c3ccccc3c3cc(-n4c(-c5ccccc5)nnc4-c4ccccc4)ccc32)C=C1n1c2ccccc2c2ccccc21. The van der Waals surface area contributed by atoms with Crippen molar-refractivity contribution >= 4 is 55.0 Å². The van der Waals surface area contributed by atoms with Crippen molar-refractivity contribution in [3.8, 4) is 28.5 Å². The lowest BCUT2D eigenvalue weighted by Crippen LogP contribution is -2.11. The minimum Gasteiger partial charge on any atom is -0.313 e. The van der Waals surface area contributed by atoms with Crippen LogP contribution in [0.5, 0.6) is 0 Å². The highest BCUT2D eigenvalue weighted by molar-refractivity contribution is 6.12. The molecule has 6 aromatic carbocycles. The first-order valence-corrected chi connectivity index (χ1v) is 17.2. The Morgan fingerprint density at radius 3 is 1.54 bits per heavy atom. The third-order valence-electron chi connectivity index (χ3n) is 10.2. The minimum atomic E-state index is 0.360. The van der Waals surface area contributed by atoms with E-state index in [2.05, 4.69) is 148 Å². The number of aromatic nitrogens is 5. The van der Waals surface area contributed by atoms with Crippen LogP contribution in [0.15, 0.2) is 164 Å². The summed E-state index contributed by atoms with van der Waals surface area (Å²) in [5.74, 6) is 1.99. The lowest BCUT2D eigenvalue weighted by molar-refractivity contribution is 0.724. The molecule has 50 heavy (non-hydrogen) atoms. The Morgan fingerprint density at radius 2 is 0.960 bits per heavy atom. The van der Waals surface area contributed by atoms with Gasteiger partial charge in [-0.2, -0.15) is 0 Å². The van der Waals surface area contributed by atoms with Gasteiger partial charge in [0.25, 0.3) is 0 Å². The minimum absolute atomic E-state index is 0.360. The van der Waals surface area contributed by atoms with E-state index >= 15 is 0 Å². The van der Waals surface area contributed by atoms with E-state index in [4.69, 9.17) is 10.2 Å². The van der Waals surface area contributed by atoms with E-state index in [0.717, 1.165) is 34.9 Å². The number of fused-ring (bicyclic) bond motifs is 6. The molecular formula is C45H33N5. The molecule has 0 amide bonds. The van der Waals surface area contributed by atoms with Crippen LogP contribution in [0, 0.1) is 5.92 Å². The topological polar surface area (TPSA) is 40.6 Å². The maximum Gasteiger partial charge on any atom is 0.168 e. The molecule has 3 heterocycles. The maximum atomic E-state index is 4.73. The zero-order valence-corrected chi connectivity index (χ0v) is 27.6. The maximum absolute atomic E-state index is 4.73. The van der Waals surface area contributed by atoms with Crippen LogP contribution in [-0.2, 0) is 0 Å². The van der Waals surface area contributed by atoms with Crippen molar-refractivity contribution in [2.75, 3.05) is 0 Å². The van der Waals surface area contributed by atoms with E-state index in [-0.39, 0.29) is 0 Å². The number of hydrogen-bond donors (Lipinski definition) is 0. The first-order valence-electron chi connectivity index (χ1n) is 17.2. The Morgan fingerprint density at radius 1 is 0.480 bits per heavy atom. The summed E-state index contributed by atoms with van der Waals surface area (Å²) >= 11 is 0. The summed E-state index contributed by atoms with van der Waals surface area (Å²) in [5, 5.41) is 14.4. The number of allylic oxidation sites excluding steroid dienone is 4. The van der Waals surface area contributed by atoms with Gasteiger partial charge in [-0.25, -0.2) is 0 Å². The molecule has 1 atom stereocenters. The molecule has 1 aliphatic carbocycles. The van der Waals surface area contributed by atoms with Gasteiger partial charge in [-0.05, 0) is 48.9 Å². The smallest absolute Gasteiger partial charge is 0.168 e. The van der Waals surface area contributed by atoms with Gasteiger partial charge in [-0.1, -0.05) is 128 Å². The molecule has 0 aliphatic heterocycles. The molecule has 0 saturated heterocycles. The molecule has 1 unspecified atom stereocenters. The van der Waals surface area contributed by atoms with Crippen LogP contribution in [0.3, 0.4) is 0 Å². The van der Waals surface area contributed by atoms with Crippen molar-refractivity contribution in [1.82, 2.24) is 23.9 Å². The Bertz CT molecular complexity index is 2680. The van der Waals surface area contributed by atoms with Gasteiger partial charge in [0.1, 0.15) is 0 Å². The number of hydrogen-bond acceptors (Lipinski definition) is 2. The van der Waals surface area contributed by atoms with Gasteiger partial charge < -0.3 is 9.13 Å². The molecule has 1 aliphatic rings. The molecule has 3 aromatic heterocycles. The average Bonchev–Trinajstić information content (AvgIpc) is 3.87. The molecular weight excluding hydrogens is 611 g/mol. The van der Waals surface area contributed by atoms with Crippen molar-refractivity contribution in [1.29, 1.82) is 0 Å². The first-order chi connectivity index (χ1) is 24.7. The van der Waals surface area contributed by atoms with E-state index in [1.807, 2.05) is 36.4 Å². The second kappa shape index (κ2) is 11.3. The van der Waals surface area contributed by atoms with E-state index < -0.39 is 0 Å². The Balaban J connectivity index is 1.18. The van der Waals surface area contributed by atoms with Crippen LogP contribution in [0.2, 0.25) is 0 Å². The number of benzene rings is 6. The average molecular weight is 644 g/mol. The van der Waals surface area contributed by atoms with E-state index in [1.165, 1.54) is 55.0 Å². The van der Waals surface area contributed by atoms with E-state index in [9.17, 15) is 0 Å². The van der Waals surface area contributed by atoms with E-state index in [1.54, 1.807) is 0 Å². The van der Waals surface area contributed by atoms with Gasteiger partial charge in [0.15, 0.2) is 11.6 Å². The van der Waals surface area contributed by atoms with Crippen LogP contribution < -0.4 is 0 Å². The molecule has 10 rings (SSSR count). The zero-order valence-electron chi connectivity index (χ0n) is 27.6. The fraction of sp³-hybridized carbons (Fsp3) is 0.0667. The molecule has 9 aromatic rings. The third kappa shape index (κ3) is 4.33. The number of para-hydroxylation sites is 3. The second-order valence-corrected chi connectivity index (χ2v) is 13.2. The van der Waals surface area contributed by atoms with Gasteiger partial charge in [0, 0.05) is 50.0 Å². The van der Waals surface area contributed by atoms with Crippen LogP contribution in [0.4, 0.5) is 0 Å². The Hall–Kier alpha value is -6.46. The predicted molar refractivity (Wildman–Crippen MR) is 207 cm³/mol. The van der Waals surface area contributed by atoms with Crippen LogP contribution in [-0.4, -0.2) is 23.9 Å². The van der Waals surface area contributed by atoms with E-state index in [0.29, 0.717) is 5.92 Å². The van der Waals surface area contributed by atoms with Gasteiger partial charge >= 0.3 is 0 Å². The van der Waals surface area contributed by atoms with Crippen LogP contribution in [0.1, 0.15) is 13.3 Å². The second-order valence-electron chi connectivity index (χ2n) is 13.2. The zero-order chi connectivity index (χ0) is 33.2. The van der Waals surface area contributed by atoms with Crippen molar-refractivity contribution in [3.05, 3.63) is 164 Å². The highest BCUT2D eigenvalue weighted by atomic mass is 15.3. The Kier molecular flexibility index (Phi) is 6.46. The van der Waals surface area contributed by atoms with Gasteiger partial charge in [-0.3, -0.25) is 4.57 Å². The summed E-state index contributed by atoms with van der Waals surface area (Å²) in [7, 11) is 0. The molecule has 5 nitrogen and oxygen atoms in total. The molecule has 0 radical (unpaired) electrons. The quantitative estimate of drug-likeness (QED) is 0.187. The summed E-state index contributed by atoms with van der Waals surface area (Å²) in [6.07, 6.45) is 5.77. The van der Waals surface area contributed by atoms with Gasteiger partial charge in [0.2, 0.25) is 0 Å². The van der Waals surface area contributed by atoms with Gasteiger partial charge in [0.05, 0.1) is 27.8 Å². The molecule has 0 bridgehead atoms.